The zero-order valence-corrected chi connectivity index (χ0v) is 20.1. The number of methoxy groups -OCH3 is 1. The van der Waals surface area contributed by atoms with Crippen molar-refractivity contribution >= 4 is 28.2 Å². The maximum Gasteiger partial charge on any atom is 0.253 e. The first-order valence-electron chi connectivity index (χ1n) is 11.2. The fraction of sp³-hybridized carbons (Fsp3) is 0.185. The maximum absolute atomic E-state index is 13.0. The van der Waals surface area contributed by atoms with Gasteiger partial charge in [0.05, 0.1) is 19.2 Å². The molecule has 7 nitrogen and oxygen atoms in total. The van der Waals surface area contributed by atoms with Gasteiger partial charge < -0.3 is 29.4 Å². The lowest BCUT2D eigenvalue weighted by molar-refractivity contribution is 0.174. The molecule has 0 aliphatic carbocycles. The van der Waals surface area contributed by atoms with E-state index >= 15 is 0 Å². The number of rotatable bonds is 7. The molecule has 0 bridgehead atoms. The van der Waals surface area contributed by atoms with Crippen LogP contribution in [0.1, 0.15) is 16.7 Å². The van der Waals surface area contributed by atoms with Crippen LogP contribution in [0.2, 0.25) is 0 Å². The quantitative estimate of drug-likeness (QED) is 0.376. The SMILES string of the molecule is COc1ccc(CN(Cc2cc3cc4c(cc3[nH]c2=O)OCO4)C(=S)NCc2ccccc2)cc1. The summed E-state index contributed by atoms with van der Waals surface area (Å²) in [4.78, 5) is 17.9. The Balaban J connectivity index is 1.41. The summed E-state index contributed by atoms with van der Waals surface area (Å²) >= 11 is 5.77. The monoisotopic (exact) mass is 487 g/mol. The van der Waals surface area contributed by atoms with Crippen LogP contribution in [0.5, 0.6) is 17.2 Å². The second kappa shape index (κ2) is 10.1. The van der Waals surface area contributed by atoms with E-state index in [1.54, 1.807) is 13.2 Å². The average molecular weight is 488 g/mol. The predicted octanol–water partition coefficient (Wildman–Crippen LogP) is 4.34. The molecule has 5 rings (SSSR count). The van der Waals surface area contributed by atoms with Gasteiger partial charge in [-0.25, -0.2) is 0 Å². The molecule has 2 N–H and O–H groups in total. The van der Waals surface area contributed by atoms with E-state index in [2.05, 4.69) is 10.3 Å². The first-order chi connectivity index (χ1) is 17.1. The van der Waals surface area contributed by atoms with Gasteiger partial charge in [0.2, 0.25) is 6.79 Å². The van der Waals surface area contributed by atoms with Crippen molar-refractivity contribution < 1.29 is 14.2 Å². The third-order valence-corrected chi connectivity index (χ3v) is 6.28. The molecular weight excluding hydrogens is 462 g/mol. The van der Waals surface area contributed by atoms with Gasteiger partial charge in [-0.1, -0.05) is 42.5 Å². The van der Waals surface area contributed by atoms with Crippen LogP contribution in [0, 0.1) is 0 Å². The molecule has 178 valence electrons. The average Bonchev–Trinajstić information content (AvgIpc) is 3.34. The van der Waals surface area contributed by atoms with Crippen LogP contribution in [0.4, 0.5) is 0 Å². The molecule has 0 fully saturated rings. The van der Waals surface area contributed by atoms with Gasteiger partial charge in [-0.05, 0) is 47.6 Å². The summed E-state index contributed by atoms with van der Waals surface area (Å²) in [5.41, 5.74) is 3.32. The lowest BCUT2D eigenvalue weighted by atomic mass is 10.1. The van der Waals surface area contributed by atoms with Gasteiger partial charge >= 0.3 is 0 Å². The smallest absolute Gasteiger partial charge is 0.253 e. The minimum Gasteiger partial charge on any atom is -0.497 e. The summed E-state index contributed by atoms with van der Waals surface area (Å²) in [6.07, 6.45) is 0. The van der Waals surface area contributed by atoms with E-state index in [1.165, 1.54) is 0 Å². The molecule has 0 atom stereocenters. The molecule has 3 aromatic carbocycles. The summed E-state index contributed by atoms with van der Waals surface area (Å²) in [7, 11) is 1.64. The van der Waals surface area contributed by atoms with Crippen molar-refractivity contribution in [3.8, 4) is 17.2 Å². The normalized spacial score (nSPS) is 11.9. The van der Waals surface area contributed by atoms with Crippen LogP contribution >= 0.6 is 12.2 Å². The summed E-state index contributed by atoms with van der Waals surface area (Å²) in [6.45, 7) is 1.64. The maximum atomic E-state index is 13.0. The number of H-pyrrole nitrogens is 1. The second-order valence-corrected chi connectivity index (χ2v) is 8.65. The van der Waals surface area contributed by atoms with Gasteiger partial charge in [-0.3, -0.25) is 4.79 Å². The van der Waals surface area contributed by atoms with E-state index < -0.39 is 0 Å². The van der Waals surface area contributed by atoms with Crippen molar-refractivity contribution in [3.05, 3.63) is 99.8 Å². The number of fused-ring (bicyclic) bond motifs is 2. The number of ether oxygens (including phenoxy) is 3. The molecule has 0 saturated heterocycles. The molecule has 0 unspecified atom stereocenters. The molecular formula is C27H25N3O4S. The molecule has 0 amide bonds. The molecule has 1 aromatic heterocycles. The number of aromatic nitrogens is 1. The molecule has 1 aliphatic heterocycles. The van der Waals surface area contributed by atoms with Crippen LogP contribution in [0.15, 0.2) is 77.6 Å². The number of nitrogens with zero attached hydrogens (tertiary/aromatic N) is 1. The van der Waals surface area contributed by atoms with Gasteiger partial charge in [0.1, 0.15) is 5.75 Å². The third-order valence-electron chi connectivity index (χ3n) is 5.88. The number of nitrogens with one attached hydrogen (secondary N) is 2. The highest BCUT2D eigenvalue weighted by Gasteiger charge is 2.18. The lowest BCUT2D eigenvalue weighted by Gasteiger charge is -2.26. The van der Waals surface area contributed by atoms with E-state index in [1.807, 2.05) is 71.6 Å². The van der Waals surface area contributed by atoms with Crippen LogP contribution in [-0.2, 0) is 19.6 Å². The van der Waals surface area contributed by atoms with Crippen molar-refractivity contribution in [1.82, 2.24) is 15.2 Å². The Kier molecular flexibility index (Phi) is 6.54. The standard InChI is InChI=1S/C27H25N3O4S/c1-32-22-9-7-19(8-10-22)15-30(27(35)28-14-18-5-3-2-4-6-18)16-21-11-20-12-24-25(34-17-33-24)13-23(20)29-26(21)31/h2-13H,14-17H2,1H3,(H,28,35)(H,29,31). The Morgan fingerprint density at radius 3 is 2.49 bits per heavy atom. The highest BCUT2D eigenvalue weighted by molar-refractivity contribution is 7.80. The van der Waals surface area contributed by atoms with E-state index in [9.17, 15) is 4.79 Å². The zero-order valence-electron chi connectivity index (χ0n) is 19.2. The van der Waals surface area contributed by atoms with E-state index in [0.717, 1.165) is 22.3 Å². The van der Waals surface area contributed by atoms with Gasteiger partial charge in [-0.2, -0.15) is 0 Å². The van der Waals surface area contributed by atoms with Gasteiger partial charge in [0.25, 0.3) is 5.56 Å². The Bertz CT molecular complexity index is 1400. The molecule has 0 spiro atoms. The molecule has 1 aliphatic rings. The number of benzene rings is 3. The summed E-state index contributed by atoms with van der Waals surface area (Å²) < 4.78 is 16.2. The largest absolute Gasteiger partial charge is 0.497 e. The van der Waals surface area contributed by atoms with Crippen molar-refractivity contribution in [3.63, 3.8) is 0 Å². The van der Waals surface area contributed by atoms with Gasteiger partial charge in [0, 0.05) is 30.1 Å². The third kappa shape index (κ3) is 5.22. The second-order valence-electron chi connectivity index (χ2n) is 8.26. The molecule has 8 heteroatoms. The Hall–Kier alpha value is -4.04. The molecule has 2 heterocycles. The number of hydrogen-bond donors (Lipinski definition) is 2. The van der Waals surface area contributed by atoms with Gasteiger partial charge in [-0.15, -0.1) is 0 Å². The highest BCUT2D eigenvalue weighted by Crippen LogP contribution is 2.35. The van der Waals surface area contributed by atoms with Crippen molar-refractivity contribution in [1.29, 1.82) is 0 Å². The van der Waals surface area contributed by atoms with Crippen LogP contribution < -0.4 is 25.1 Å². The first kappa shape index (κ1) is 22.7. The van der Waals surface area contributed by atoms with Gasteiger partial charge in [0.15, 0.2) is 16.6 Å². The van der Waals surface area contributed by atoms with Crippen molar-refractivity contribution in [2.24, 2.45) is 0 Å². The molecule has 0 radical (unpaired) electrons. The van der Waals surface area contributed by atoms with Crippen molar-refractivity contribution in [2.45, 2.75) is 19.6 Å². The number of pyridine rings is 1. The van der Waals surface area contributed by atoms with E-state index in [4.69, 9.17) is 26.4 Å². The number of thiocarbonyl (C=S) groups is 1. The van der Waals surface area contributed by atoms with Crippen LogP contribution in [-0.4, -0.2) is 28.9 Å². The number of hydrogen-bond acceptors (Lipinski definition) is 5. The van der Waals surface area contributed by atoms with E-state index in [-0.39, 0.29) is 12.4 Å². The fourth-order valence-corrected chi connectivity index (χ4v) is 4.20. The summed E-state index contributed by atoms with van der Waals surface area (Å²) in [5.74, 6) is 2.09. The minimum atomic E-state index is -0.165. The van der Waals surface area contributed by atoms with E-state index in [0.29, 0.717) is 47.3 Å². The Labute approximate surface area is 208 Å². The topological polar surface area (TPSA) is 75.8 Å². The zero-order chi connectivity index (χ0) is 24.2. The van der Waals surface area contributed by atoms with Crippen molar-refractivity contribution in [2.75, 3.05) is 13.9 Å². The summed E-state index contributed by atoms with van der Waals surface area (Å²) in [6, 6.07) is 23.5. The van der Waals surface area contributed by atoms with Crippen LogP contribution in [0.3, 0.4) is 0 Å². The summed E-state index contributed by atoms with van der Waals surface area (Å²) in [5, 5.41) is 4.77. The fourth-order valence-electron chi connectivity index (χ4n) is 4.00. The lowest BCUT2D eigenvalue weighted by Crippen LogP contribution is -2.39. The van der Waals surface area contributed by atoms with Crippen LogP contribution in [0.25, 0.3) is 10.9 Å². The Morgan fingerprint density at radius 1 is 1.00 bits per heavy atom. The first-order valence-corrected chi connectivity index (χ1v) is 11.6. The molecule has 4 aromatic rings. The minimum absolute atomic E-state index is 0.165. The molecule has 35 heavy (non-hydrogen) atoms. The Morgan fingerprint density at radius 2 is 1.74 bits per heavy atom. The number of aromatic amines is 1. The predicted molar refractivity (Wildman–Crippen MR) is 139 cm³/mol. The molecule has 0 saturated carbocycles. The highest BCUT2D eigenvalue weighted by atomic mass is 32.1.